The highest BCUT2D eigenvalue weighted by Crippen LogP contribution is 2.24. The summed E-state index contributed by atoms with van der Waals surface area (Å²) in [6.07, 6.45) is 0.970. The topological polar surface area (TPSA) is 61.0 Å². The number of benzene rings is 1. The molecule has 0 radical (unpaired) electrons. The molecule has 6 heteroatoms. The zero-order chi connectivity index (χ0) is 12.8. The van der Waals surface area contributed by atoms with Gasteiger partial charge in [-0.1, -0.05) is 35.2 Å². The fourth-order valence-electron chi connectivity index (χ4n) is 1.39. The highest BCUT2D eigenvalue weighted by molar-refractivity contribution is 8.01. The van der Waals surface area contributed by atoms with E-state index in [9.17, 15) is 0 Å². The summed E-state index contributed by atoms with van der Waals surface area (Å²) in [5.74, 6) is 1.89. The number of ether oxygens (including phenoxy) is 1. The molecular weight excluding hydrogens is 266 g/mol. The van der Waals surface area contributed by atoms with Gasteiger partial charge in [0.2, 0.25) is 5.13 Å². The van der Waals surface area contributed by atoms with Gasteiger partial charge in [0.15, 0.2) is 4.34 Å². The van der Waals surface area contributed by atoms with Gasteiger partial charge in [-0.05, 0) is 31.0 Å². The Morgan fingerprint density at radius 3 is 3.00 bits per heavy atom. The highest BCUT2D eigenvalue weighted by Gasteiger charge is 2.01. The van der Waals surface area contributed by atoms with Crippen molar-refractivity contribution in [1.29, 1.82) is 0 Å². The molecule has 0 aliphatic carbocycles. The molecule has 0 saturated heterocycles. The van der Waals surface area contributed by atoms with E-state index in [2.05, 4.69) is 23.2 Å². The van der Waals surface area contributed by atoms with E-state index in [1.54, 1.807) is 11.8 Å². The van der Waals surface area contributed by atoms with Crippen LogP contribution in [-0.4, -0.2) is 22.6 Å². The summed E-state index contributed by atoms with van der Waals surface area (Å²) in [5, 5.41) is 8.24. The first-order valence-electron chi connectivity index (χ1n) is 5.65. The van der Waals surface area contributed by atoms with Crippen LogP contribution in [0.4, 0.5) is 5.13 Å². The zero-order valence-corrected chi connectivity index (χ0v) is 11.8. The lowest BCUT2D eigenvalue weighted by atomic mass is 10.2. The van der Waals surface area contributed by atoms with Crippen molar-refractivity contribution in [3.63, 3.8) is 0 Å². The van der Waals surface area contributed by atoms with Gasteiger partial charge in [-0.3, -0.25) is 0 Å². The number of rotatable bonds is 6. The normalized spacial score (nSPS) is 10.5. The van der Waals surface area contributed by atoms with Crippen LogP contribution in [0.1, 0.15) is 12.0 Å². The van der Waals surface area contributed by atoms with E-state index in [0.29, 0.717) is 11.7 Å². The highest BCUT2D eigenvalue weighted by atomic mass is 32.2. The lowest BCUT2D eigenvalue weighted by Gasteiger charge is -2.05. The van der Waals surface area contributed by atoms with E-state index in [4.69, 9.17) is 10.5 Å². The van der Waals surface area contributed by atoms with E-state index in [1.165, 1.54) is 16.9 Å². The van der Waals surface area contributed by atoms with E-state index in [1.807, 2.05) is 18.2 Å². The van der Waals surface area contributed by atoms with Crippen molar-refractivity contribution in [2.45, 2.75) is 17.7 Å². The number of nitrogen functional groups attached to an aromatic ring is 1. The standard InChI is InChI=1S/C12H15N3OS2/c1-9-4-2-5-10(8-9)16-6-3-7-17-12-15-14-11(13)18-12/h2,4-5,8H,3,6-7H2,1H3,(H2,13,14). The first-order chi connectivity index (χ1) is 8.74. The Hall–Kier alpha value is -1.27. The predicted octanol–water partition coefficient (Wildman–Crippen LogP) is 2.99. The van der Waals surface area contributed by atoms with Crippen molar-refractivity contribution in [2.24, 2.45) is 0 Å². The molecule has 1 aromatic heterocycles. The molecule has 0 aliphatic heterocycles. The van der Waals surface area contributed by atoms with Gasteiger partial charge in [-0.15, -0.1) is 10.2 Å². The Bertz CT molecular complexity index is 502. The summed E-state index contributed by atoms with van der Waals surface area (Å²) in [4.78, 5) is 0. The van der Waals surface area contributed by atoms with Crippen LogP contribution in [0.5, 0.6) is 5.75 Å². The number of thioether (sulfide) groups is 1. The lowest BCUT2D eigenvalue weighted by molar-refractivity contribution is 0.318. The quantitative estimate of drug-likeness (QED) is 0.651. The van der Waals surface area contributed by atoms with Crippen molar-refractivity contribution in [3.05, 3.63) is 29.8 Å². The number of nitrogens with two attached hydrogens (primary N) is 1. The summed E-state index contributed by atoms with van der Waals surface area (Å²) in [6.45, 7) is 2.77. The maximum Gasteiger partial charge on any atom is 0.203 e. The molecule has 96 valence electrons. The minimum Gasteiger partial charge on any atom is -0.494 e. The first kappa shape index (κ1) is 13.2. The molecule has 4 nitrogen and oxygen atoms in total. The Labute approximate surface area is 115 Å². The van der Waals surface area contributed by atoms with E-state index >= 15 is 0 Å². The zero-order valence-electron chi connectivity index (χ0n) is 10.1. The lowest BCUT2D eigenvalue weighted by Crippen LogP contribution is -1.98. The summed E-state index contributed by atoms with van der Waals surface area (Å²) < 4.78 is 6.58. The summed E-state index contributed by atoms with van der Waals surface area (Å²) in [7, 11) is 0. The fraction of sp³-hybridized carbons (Fsp3) is 0.333. The Morgan fingerprint density at radius 2 is 2.28 bits per heavy atom. The van der Waals surface area contributed by atoms with Crippen LogP contribution in [0.3, 0.4) is 0 Å². The molecular formula is C12H15N3OS2. The van der Waals surface area contributed by atoms with Gasteiger partial charge in [0.1, 0.15) is 5.75 Å². The first-order valence-corrected chi connectivity index (χ1v) is 7.45. The average molecular weight is 281 g/mol. The van der Waals surface area contributed by atoms with Crippen molar-refractivity contribution < 1.29 is 4.74 Å². The Morgan fingerprint density at radius 1 is 1.39 bits per heavy atom. The second kappa shape index (κ2) is 6.61. The van der Waals surface area contributed by atoms with Gasteiger partial charge in [0, 0.05) is 5.75 Å². The third-order valence-corrected chi connectivity index (χ3v) is 4.17. The van der Waals surface area contributed by atoms with Gasteiger partial charge in [-0.25, -0.2) is 0 Å². The molecule has 1 heterocycles. The van der Waals surface area contributed by atoms with Crippen LogP contribution in [0, 0.1) is 6.92 Å². The van der Waals surface area contributed by atoms with Crippen LogP contribution >= 0.6 is 23.1 Å². The van der Waals surface area contributed by atoms with Crippen LogP contribution in [-0.2, 0) is 0 Å². The minimum absolute atomic E-state index is 0.522. The Kier molecular flexibility index (Phi) is 4.83. The second-order valence-electron chi connectivity index (χ2n) is 3.77. The molecule has 0 unspecified atom stereocenters. The molecule has 0 fully saturated rings. The van der Waals surface area contributed by atoms with Gasteiger partial charge < -0.3 is 10.5 Å². The van der Waals surface area contributed by atoms with Crippen LogP contribution in [0.15, 0.2) is 28.6 Å². The summed E-state index contributed by atoms with van der Waals surface area (Å²) >= 11 is 3.09. The number of aryl methyl sites for hydroxylation is 1. The predicted molar refractivity (Wildman–Crippen MR) is 76.3 cm³/mol. The van der Waals surface area contributed by atoms with E-state index in [0.717, 1.165) is 22.3 Å². The fourth-order valence-corrected chi connectivity index (χ4v) is 3.01. The van der Waals surface area contributed by atoms with E-state index in [-0.39, 0.29) is 0 Å². The summed E-state index contributed by atoms with van der Waals surface area (Å²) in [6, 6.07) is 8.08. The smallest absolute Gasteiger partial charge is 0.203 e. The second-order valence-corrected chi connectivity index (χ2v) is 6.12. The van der Waals surface area contributed by atoms with Crippen LogP contribution in [0.2, 0.25) is 0 Å². The monoisotopic (exact) mass is 281 g/mol. The van der Waals surface area contributed by atoms with Crippen LogP contribution < -0.4 is 10.5 Å². The molecule has 18 heavy (non-hydrogen) atoms. The molecule has 0 bridgehead atoms. The largest absolute Gasteiger partial charge is 0.494 e. The number of hydrogen-bond donors (Lipinski definition) is 1. The molecule has 0 aliphatic rings. The van der Waals surface area contributed by atoms with Crippen molar-refractivity contribution in [3.8, 4) is 5.75 Å². The maximum absolute atomic E-state index is 5.66. The van der Waals surface area contributed by atoms with Gasteiger partial charge >= 0.3 is 0 Å². The minimum atomic E-state index is 0.522. The van der Waals surface area contributed by atoms with Gasteiger partial charge in [-0.2, -0.15) is 0 Å². The SMILES string of the molecule is Cc1cccc(OCCCSc2nnc(N)s2)c1. The molecule has 2 N–H and O–H groups in total. The average Bonchev–Trinajstić information content (AvgIpc) is 2.75. The van der Waals surface area contributed by atoms with E-state index < -0.39 is 0 Å². The van der Waals surface area contributed by atoms with Crippen molar-refractivity contribution in [2.75, 3.05) is 18.1 Å². The van der Waals surface area contributed by atoms with Gasteiger partial charge in [0.25, 0.3) is 0 Å². The Balaban J connectivity index is 1.64. The molecule has 0 atom stereocenters. The van der Waals surface area contributed by atoms with Crippen molar-refractivity contribution in [1.82, 2.24) is 10.2 Å². The molecule has 1 aromatic carbocycles. The van der Waals surface area contributed by atoms with Gasteiger partial charge in [0.05, 0.1) is 6.61 Å². The number of nitrogens with zero attached hydrogens (tertiary/aromatic N) is 2. The van der Waals surface area contributed by atoms with Crippen LogP contribution in [0.25, 0.3) is 0 Å². The molecule has 0 spiro atoms. The van der Waals surface area contributed by atoms with Crippen molar-refractivity contribution >= 4 is 28.2 Å². The summed E-state index contributed by atoms with van der Waals surface area (Å²) in [5.41, 5.74) is 6.72. The third-order valence-electron chi connectivity index (χ3n) is 2.19. The molecule has 0 saturated carbocycles. The maximum atomic E-state index is 5.66. The number of hydrogen-bond acceptors (Lipinski definition) is 6. The number of anilines is 1. The molecule has 2 aromatic rings. The number of aromatic nitrogens is 2. The molecule has 0 amide bonds. The molecule has 2 rings (SSSR count). The third kappa shape index (κ3) is 4.19.